The highest BCUT2D eigenvalue weighted by Crippen LogP contribution is 2.43. The van der Waals surface area contributed by atoms with Gasteiger partial charge in [0.2, 0.25) is 0 Å². The molecule has 44 heavy (non-hydrogen) atoms. The van der Waals surface area contributed by atoms with Crippen LogP contribution in [0, 0.1) is 27.7 Å². The highest BCUT2D eigenvalue weighted by Gasteiger charge is 2.20. The average Bonchev–Trinajstić information content (AvgIpc) is 3.04. The van der Waals surface area contributed by atoms with E-state index in [1.165, 1.54) is 74.5 Å². The number of unbranched alkanes of at least 4 members (excludes halogenated alkanes) is 1. The summed E-state index contributed by atoms with van der Waals surface area (Å²) < 4.78 is 1.00. The molecule has 0 amide bonds. The lowest BCUT2D eigenvalue weighted by atomic mass is 9.98. The third-order valence-electron chi connectivity index (χ3n) is 8.57. The highest BCUT2D eigenvalue weighted by molar-refractivity contribution is 14.1. The number of hydrogen-bond donors (Lipinski definition) is 0. The smallest absolute Gasteiger partial charge is 0.0520 e. The number of anilines is 6. The molecule has 0 N–H and O–H groups in total. The van der Waals surface area contributed by atoms with E-state index in [0.29, 0.717) is 0 Å². The first-order valence-electron chi connectivity index (χ1n) is 15.9. The molecule has 0 aromatic heterocycles. The molecule has 0 aliphatic heterocycles. The molecule has 0 saturated carbocycles. The average molecular weight is 693 g/mol. The van der Waals surface area contributed by atoms with Gasteiger partial charge in [-0.25, -0.2) is 0 Å². The van der Waals surface area contributed by atoms with Gasteiger partial charge in [-0.3, -0.25) is 0 Å². The van der Waals surface area contributed by atoms with Crippen molar-refractivity contribution >= 4 is 56.7 Å². The van der Waals surface area contributed by atoms with Crippen LogP contribution in [0.4, 0.5) is 34.1 Å². The minimum Gasteiger partial charge on any atom is -0.310 e. The largest absolute Gasteiger partial charge is 0.310 e. The minimum atomic E-state index is 1.00. The third-order valence-corrected chi connectivity index (χ3v) is 9.46. The molecule has 0 unspecified atom stereocenters. The molecular weight excluding hydrogens is 647 g/mol. The first kappa shape index (κ1) is 31.8. The Kier molecular flexibility index (Phi) is 10.5. The monoisotopic (exact) mass is 692 g/mol. The van der Waals surface area contributed by atoms with E-state index in [1.807, 2.05) is 0 Å². The van der Waals surface area contributed by atoms with E-state index in [4.69, 9.17) is 0 Å². The predicted molar refractivity (Wildman–Crippen MR) is 200 cm³/mol. The molecule has 5 aromatic carbocycles. The first-order chi connectivity index (χ1) is 21.3. The molecule has 0 bridgehead atoms. The van der Waals surface area contributed by atoms with E-state index >= 15 is 0 Å². The highest BCUT2D eigenvalue weighted by atomic mass is 127. The first-order valence-corrected chi connectivity index (χ1v) is 17.5. The molecule has 5 rings (SSSR count). The summed E-state index contributed by atoms with van der Waals surface area (Å²) in [5, 5.41) is 0. The minimum absolute atomic E-state index is 1.00. The van der Waals surface area contributed by atoms with Crippen LogP contribution in [0.5, 0.6) is 0 Å². The summed E-state index contributed by atoms with van der Waals surface area (Å²) in [7, 11) is 0. The number of benzene rings is 5. The summed E-state index contributed by atoms with van der Waals surface area (Å²) in [4.78, 5) is 4.85. The SMILES string of the molecule is CCCCc1cc(C)c(N(c2ccc(CI)cc2)c2ccc(N(c3ccc(CC)cc3)c3c(C)cccc3C)cc2)c(C)c1. The van der Waals surface area contributed by atoms with Gasteiger partial charge in [0.25, 0.3) is 0 Å². The summed E-state index contributed by atoms with van der Waals surface area (Å²) in [6.45, 7) is 13.4. The van der Waals surface area contributed by atoms with E-state index in [-0.39, 0.29) is 0 Å². The molecule has 0 radical (unpaired) electrons. The van der Waals surface area contributed by atoms with Gasteiger partial charge in [0.05, 0.1) is 11.4 Å². The fourth-order valence-corrected chi connectivity index (χ4v) is 6.77. The fraction of sp³-hybridized carbons (Fsp3) is 0.268. The van der Waals surface area contributed by atoms with Crippen LogP contribution in [0.1, 0.15) is 65.6 Å². The van der Waals surface area contributed by atoms with Crippen molar-refractivity contribution in [2.24, 2.45) is 0 Å². The van der Waals surface area contributed by atoms with Crippen LogP contribution in [0.3, 0.4) is 0 Å². The lowest BCUT2D eigenvalue weighted by Gasteiger charge is -2.31. The van der Waals surface area contributed by atoms with Gasteiger partial charge >= 0.3 is 0 Å². The molecule has 0 aliphatic rings. The van der Waals surface area contributed by atoms with Crippen molar-refractivity contribution in [1.82, 2.24) is 0 Å². The Morgan fingerprint density at radius 2 is 0.909 bits per heavy atom. The van der Waals surface area contributed by atoms with Crippen LogP contribution in [0.15, 0.2) is 103 Å². The van der Waals surface area contributed by atoms with E-state index in [2.05, 4.69) is 177 Å². The zero-order valence-electron chi connectivity index (χ0n) is 27.1. The molecular formula is C41H45IN2. The molecule has 3 heteroatoms. The fourth-order valence-electron chi connectivity index (χ4n) is 6.26. The molecule has 5 aromatic rings. The maximum Gasteiger partial charge on any atom is 0.0520 e. The number of para-hydroxylation sites is 1. The Morgan fingerprint density at radius 1 is 0.500 bits per heavy atom. The van der Waals surface area contributed by atoms with Crippen LogP contribution in [0.2, 0.25) is 0 Å². The van der Waals surface area contributed by atoms with Gasteiger partial charge < -0.3 is 9.80 Å². The van der Waals surface area contributed by atoms with E-state index < -0.39 is 0 Å². The van der Waals surface area contributed by atoms with Crippen LogP contribution >= 0.6 is 22.6 Å². The van der Waals surface area contributed by atoms with Gasteiger partial charge in [0, 0.05) is 27.2 Å². The Balaban J connectivity index is 1.63. The second kappa shape index (κ2) is 14.5. The van der Waals surface area contributed by atoms with Gasteiger partial charge in [0.15, 0.2) is 0 Å². The lowest BCUT2D eigenvalue weighted by molar-refractivity contribution is 0.794. The zero-order valence-corrected chi connectivity index (χ0v) is 29.3. The Bertz CT molecular complexity index is 1640. The molecule has 0 fully saturated rings. The number of halogens is 1. The number of alkyl halides is 1. The van der Waals surface area contributed by atoms with Gasteiger partial charge in [0.1, 0.15) is 0 Å². The molecule has 2 nitrogen and oxygen atoms in total. The summed E-state index contributed by atoms with van der Waals surface area (Å²) in [6, 6.07) is 38.5. The standard InChI is InChI=1S/C41H45IN2/c1-7-9-13-35-26-31(5)41(32(6)27-35)44(37-20-16-34(28-42)17-21-37)39-24-22-38(23-25-39)43(36-18-14-33(8-2)15-19-36)40-29(3)11-10-12-30(40)4/h10-12,14-27H,7-9,13,28H2,1-6H3. The third kappa shape index (κ3) is 6.89. The predicted octanol–water partition coefficient (Wildman–Crippen LogP) is 12.7. The van der Waals surface area contributed by atoms with Gasteiger partial charge in [-0.1, -0.05) is 97.5 Å². The van der Waals surface area contributed by atoms with Crippen molar-refractivity contribution in [2.45, 2.75) is 71.7 Å². The summed E-state index contributed by atoms with van der Waals surface area (Å²) in [5.41, 5.74) is 16.4. The normalized spacial score (nSPS) is 11.1. The Labute approximate surface area is 278 Å². The van der Waals surface area contributed by atoms with Crippen molar-refractivity contribution < 1.29 is 0 Å². The molecule has 0 atom stereocenters. The molecule has 0 heterocycles. The maximum absolute atomic E-state index is 2.44. The van der Waals surface area contributed by atoms with Crippen LogP contribution in [0.25, 0.3) is 0 Å². The number of hydrogen-bond acceptors (Lipinski definition) is 2. The van der Waals surface area contributed by atoms with Crippen LogP contribution in [-0.2, 0) is 17.3 Å². The van der Waals surface area contributed by atoms with Crippen molar-refractivity contribution in [3.63, 3.8) is 0 Å². The lowest BCUT2D eigenvalue weighted by Crippen LogP contribution is -2.15. The number of rotatable bonds is 11. The van der Waals surface area contributed by atoms with Crippen LogP contribution < -0.4 is 9.80 Å². The zero-order chi connectivity index (χ0) is 31.2. The van der Waals surface area contributed by atoms with E-state index in [9.17, 15) is 0 Å². The molecule has 226 valence electrons. The van der Waals surface area contributed by atoms with Crippen molar-refractivity contribution in [2.75, 3.05) is 9.80 Å². The maximum atomic E-state index is 2.44. The Morgan fingerprint density at radius 3 is 1.32 bits per heavy atom. The summed E-state index contributed by atoms with van der Waals surface area (Å²) >= 11 is 2.44. The van der Waals surface area contributed by atoms with Crippen molar-refractivity contribution in [1.29, 1.82) is 0 Å². The topological polar surface area (TPSA) is 6.48 Å². The van der Waals surface area contributed by atoms with E-state index in [1.54, 1.807) is 0 Å². The number of nitrogens with zero attached hydrogens (tertiary/aromatic N) is 2. The van der Waals surface area contributed by atoms with E-state index in [0.717, 1.165) is 28.6 Å². The molecule has 0 spiro atoms. The van der Waals surface area contributed by atoms with Gasteiger partial charge in [-0.15, -0.1) is 0 Å². The Hall–Kier alpha value is -3.57. The summed E-state index contributed by atoms with van der Waals surface area (Å²) in [5.74, 6) is 0. The van der Waals surface area contributed by atoms with Crippen molar-refractivity contribution in [3.05, 3.63) is 142 Å². The van der Waals surface area contributed by atoms with Crippen LogP contribution in [-0.4, -0.2) is 0 Å². The van der Waals surface area contributed by atoms with Gasteiger partial charge in [-0.2, -0.15) is 0 Å². The molecule has 0 aliphatic carbocycles. The summed E-state index contributed by atoms with van der Waals surface area (Å²) in [6.07, 6.45) is 4.60. The second-order valence-electron chi connectivity index (χ2n) is 11.9. The number of aryl methyl sites for hydroxylation is 6. The second-order valence-corrected chi connectivity index (χ2v) is 12.7. The van der Waals surface area contributed by atoms with Crippen molar-refractivity contribution in [3.8, 4) is 0 Å². The quantitative estimate of drug-likeness (QED) is 0.100. The van der Waals surface area contributed by atoms with Gasteiger partial charge in [-0.05, 0) is 134 Å². The molecule has 0 saturated heterocycles.